The van der Waals surface area contributed by atoms with E-state index >= 15 is 0 Å². The van der Waals surface area contributed by atoms with Crippen molar-refractivity contribution in [3.63, 3.8) is 0 Å². The summed E-state index contributed by atoms with van der Waals surface area (Å²) < 4.78 is 4.75. The van der Waals surface area contributed by atoms with E-state index in [1.807, 2.05) is 0 Å². The Hall–Kier alpha value is -8.01. The molecule has 0 atom stereocenters. The number of aromatic nitrogens is 3. The smallest absolute Gasteiger partial charge is 0.138 e. The molecule has 3 heterocycles. The van der Waals surface area contributed by atoms with E-state index in [1.165, 1.54) is 60.0 Å². The predicted octanol–water partition coefficient (Wildman–Crippen LogP) is 15.1. The Morgan fingerprint density at radius 2 is 0.850 bits per heavy atom. The van der Waals surface area contributed by atoms with Crippen LogP contribution in [0.3, 0.4) is 0 Å². The lowest BCUT2D eigenvalue weighted by molar-refractivity contribution is 1.08. The molecule has 0 N–H and O–H groups in total. The van der Waals surface area contributed by atoms with Crippen LogP contribution in [0.5, 0.6) is 0 Å². The van der Waals surface area contributed by atoms with E-state index in [-0.39, 0.29) is 0 Å². The first-order valence-corrected chi connectivity index (χ1v) is 20.5. The largest absolute Gasteiger partial charge is 0.309 e. The van der Waals surface area contributed by atoms with E-state index < -0.39 is 0 Å². The molecule has 0 bridgehead atoms. The maximum atomic E-state index is 5.38. The van der Waals surface area contributed by atoms with Crippen molar-refractivity contribution in [2.75, 3.05) is 0 Å². The Bertz CT molecular complexity index is 3510. The van der Waals surface area contributed by atoms with Gasteiger partial charge in [-0.3, -0.25) is 4.57 Å². The average molecular weight is 764 g/mol. The second kappa shape index (κ2) is 13.8. The van der Waals surface area contributed by atoms with Crippen molar-refractivity contribution in [3.05, 3.63) is 224 Å². The fraction of sp³-hybridized carbons (Fsp3) is 0. The maximum absolute atomic E-state index is 5.38. The summed E-state index contributed by atoms with van der Waals surface area (Å²) in [5.74, 6) is 0.892. The third-order valence-electron chi connectivity index (χ3n) is 12.1. The van der Waals surface area contributed by atoms with Crippen molar-refractivity contribution in [2.24, 2.45) is 0 Å². The van der Waals surface area contributed by atoms with E-state index in [9.17, 15) is 0 Å². The lowest BCUT2D eigenvalue weighted by Gasteiger charge is -2.13. The van der Waals surface area contributed by atoms with Crippen LogP contribution < -0.4 is 0 Å². The van der Waals surface area contributed by atoms with Crippen LogP contribution in [0.1, 0.15) is 0 Å². The number of hydrogen-bond acceptors (Lipinski definition) is 1. The molecule has 280 valence electrons. The second-order valence-corrected chi connectivity index (χ2v) is 15.6. The minimum Gasteiger partial charge on any atom is -0.309 e. The number of rotatable bonds is 6. The Morgan fingerprint density at radius 1 is 0.283 bits per heavy atom. The minimum atomic E-state index is 0.892. The van der Waals surface area contributed by atoms with Crippen LogP contribution in [-0.4, -0.2) is 14.1 Å². The molecule has 0 aliphatic heterocycles. The van der Waals surface area contributed by atoms with E-state index in [1.54, 1.807) is 0 Å². The average Bonchev–Trinajstić information content (AvgIpc) is 3.84. The van der Waals surface area contributed by atoms with Crippen LogP contribution in [0, 0.1) is 0 Å². The van der Waals surface area contributed by atoms with Gasteiger partial charge >= 0.3 is 0 Å². The SMILES string of the molecule is c1ccc(-c2cc(-c3ccccc3)nc(-n3c4ccccc4c4ccc(-c5ccc6c(c5)c5ccccc5n6-c5ccc(-c6cccc7ccccc67)cc5)cc43)c2)cc1. The quantitative estimate of drug-likeness (QED) is 0.165. The highest BCUT2D eigenvalue weighted by atomic mass is 15.1. The van der Waals surface area contributed by atoms with Gasteiger partial charge in [-0.2, -0.15) is 0 Å². The summed E-state index contributed by atoms with van der Waals surface area (Å²) in [7, 11) is 0. The topological polar surface area (TPSA) is 22.8 Å². The van der Waals surface area contributed by atoms with E-state index in [0.717, 1.165) is 50.5 Å². The van der Waals surface area contributed by atoms with Crippen molar-refractivity contribution in [2.45, 2.75) is 0 Å². The molecule has 0 radical (unpaired) electrons. The maximum Gasteiger partial charge on any atom is 0.138 e. The molecule has 12 rings (SSSR count). The zero-order valence-electron chi connectivity index (χ0n) is 32.7. The van der Waals surface area contributed by atoms with Gasteiger partial charge in [0.25, 0.3) is 0 Å². The molecular weight excluding hydrogens is 727 g/mol. The summed E-state index contributed by atoms with van der Waals surface area (Å²) in [6.07, 6.45) is 0. The summed E-state index contributed by atoms with van der Waals surface area (Å²) in [5, 5.41) is 7.39. The highest BCUT2D eigenvalue weighted by Gasteiger charge is 2.18. The van der Waals surface area contributed by atoms with Gasteiger partial charge in [0.15, 0.2) is 0 Å². The number of para-hydroxylation sites is 2. The summed E-state index contributed by atoms with van der Waals surface area (Å²) in [5.41, 5.74) is 14.9. The van der Waals surface area contributed by atoms with Crippen LogP contribution in [0.4, 0.5) is 0 Å². The van der Waals surface area contributed by atoms with Gasteiger partial charge in [0.1, 0.15) is 5.82 Å². The molecule has 0 aliphatic carbocycles. The lowest BCUT2D eigenvalue weighted by atomic mass is 9.98. The van der Waals surface area contributed by atoms with Crippen LogP contribution >= 0.6 is 0 Å². The highest BCUT2D eigenvalue weighted by Crippen LogP contribution is 2.39. The van der Waals surface area contributed by atoms with Gasteiger partial charge in [0.2, 0.25) is 0 Å². The van der Waals surface area contributed by atoms with Gasteiger partial charge in [-0.05, 0) is 98.8 Å². The van der Waals surface area contributed by atoms with Gasteiger partial charge in [-0.1, -0.05) is 170 Å². The molecule has 0 amide bonds. The normalized spacial score (nSPS) is 11.7. The monoisotopic (exact) mass is 763 g/mol. The molecule has 9 aromatic carbocycles. The van der Waals surface area contributed by atoms with Gasteiger partial charge < -0.3 is 4.57 Å². The fourth-order valence-corrected chi connectivity index (χ4v) is 9.28. The molecule has 12 aromatic rings. The second-order valence-electron chi connectivity index (χ2n) is 15.6. The Kier molecular flexibility index (Phi) is 7.85. The van der Waals surface area contributed by atoms with Crippen molar-refractivity contribution >= 4 is 54.4 Å². The van der Waals surface area contributed by atoms with Crippen molar-refractivity contribution < 1.29 is 0 Å². The van der Waals surface area contributed by atoms with E-state index in [2.05, 4.69) is 234 Å². The molecule has 0 aliphatic rings. The van der Waals surface area contributed by atoms with E-state index in [0.29, 0.717) is 0 Å². The van der Waals surface area contributed by atoms with Crippen LogP contribution in [0.2, 0.25) is 0 Å². The summed E-state index contributed by atoms with van der Waals surface area (Å²) in [4.78, 5) is 5.38. The van der Waals surface area contributed by atoms with Crippen molar-refractivity contribution in [1.29, 1.82) is 0 Å². The number of benzene rings is 9. The molecule has 0 spiro atoms. The predicted molar refractivity (Wildman–Crippen MR) is 252 cm³/mol. The van der Waals surface area contributed by atoms with Crippen LogP contribution in [0.15, 0.2) is 224 Å². The molecular formula is C57H37N3. The first-order valence-electron chi connectivity index (χ1n) is 20.5. The first kappa shape index (κ1) is 34.1. The number of nitrogens with zero attached hydrogens (tertiary/aromatic N) is 3. The van der Waals surface area contributed by atoms with Gasteiger partial charge in [0, 0.05) is 32.8 Å². The third-order valence-corrected chi connectivity index (χ3v) is 12.1. The Morgan fingerprint density at radius 3 is 1.63 bits per heavy atom. The standard InChI is InChI=1S/C57H37N3/c1-3-14-38(15-4-1)44-35-52(41-17-5-2-6-18-41)58-57(37-44)60-54-25-12-9-21-48(54)50-32-28-43(36-56(50)60)42-29-33-55-51(34-42)49-22-10-11-24-53(49)59(55)45-30-26-40(27-31-45)47-23-13-19-39-16-7-8-20-46(39)47/h1-37H. The minimum absolute atomic E-state index is 0.892. The van der Waals surface area contributed by atoms with Crippen molar-refractivity contribution in [1.82, 2.24) is 14.1 Å². The zero-order valence-corrected chi connectivity index (χ0v) is 32.7. The molecule has 0 unspecified atom stereocenters. The Labute approximate surface area is 347 Å². The molecule has 3 heteroatoms. The highest BCUT2D eigenvalue weighted by molar-refractivity contribution is 6.12. The van der Waals surface area contributed by atoms with Gasteiger partial charge in [0.05, 0.1) is 27.8 Å². The number of hydrogen-bond donors (Lipinski definition) is 0. The van der Waals surface area contributed by atoms with E-state index in [4.69, 9.17) is 4.98 Å². The van der Waals surface area contributed by atoms with Crippen LogP contribution in [-0.2, 0) is 0 Å². The Balaban J connectivity index is 1.01. The van der Waals surface area contributed by atoms with Crippen LogP contribution in [0.25, 0.3) is 111 Å². The lowest BCUT2D eigenvalue weighted by Crippen LogP contribution is -2.00. The van der Waals surface area contributed by atoms with Gasteiger partial charge in [-0.25, -0.2) is 4.98 Å². The molecule has 60 heavy (non-hydrogen) atoms. The number of pyridine rings is 1. The molecule has 0 fully saturated rings. The molecule has 0 saturated heterocycles. The summed E-state index contributed by atoms with van der Waals surface area (Å²) in [6.45, 7) is 0. The molecule has 3 nitrogen and oxygen atoms in total. The fourth-order valence-electron chi connectivity index (χ4n) is 9.28. The third kappa shape index (κ3) is 5.55. The zero-order chi connectivity index (χ0) is 39.6. The first-order chi connectivity index (χ1) is 29.7. The van der Waals surface area contributed by atoms with Gasteiger partial charge in [-0.15, -0.1) is 0 Å². The summed E-state index contributed by atoms with van der Waals surface area (Å²) in [6, 6.07) is 81.0. The summed E-state index contributed by atoms with van der Waals surface area (Å²) >= 11 is 0. The molecule has 0 saturated carbocycles. The molecule has 3 aromatic heterocycles. The van der Waals surface area contributed by atoms with Crippen molar-refractivity contribution in [3.8, 4) is 56.1 Å². The number of fused-ring (bicyclic) bond motifs is 7.